The molecule has 2 aromatic rings. The topological polar surface area (TPSA) is 88.2 Å². The van der Waals surface area contributed by atoms with E-state index in [4.69, 9.17) is 21.1 Å². The molecule has 0 radical (unpaired) electrons. The van der Waals surface area contributed by atoms with Crippen molar-refractivity contribution in [1.82, 2.24) is 9.62 Å². The number of carbonyl (C=O) groups excluding carboxylic acids is 1. The van der Waals surface area contributed by atoms with Gasteiger partial charge in [0, 0.05) is 42.7 Å². The molecule has 1 N–H and O–H groups in total. The highest BCUT2D eigenvalue weighted by Crippen LogP contribution is 2.49. The highest BCUT2D eigenvalue weighted by atomic mass is 35.5. The molecule has 0 unspecified atom stereocenters. The van der Waals surface area contributed by atoms with Gasteiger partial charge in [-0.25, -0.2) is 13.1 Å². The zero-order chi connectivity index (χ0) is 34.4. The van der Waals surface area contributed by atoms with Crippen molar-refractivity contribution < 1.29 is 22.7 Å². The number of aryl methyl sites for hydroxylation is 1. The van der Waals surface area contributed by atoms with Crippen molar-refractivity contribution in [2.45, 2.75) is 87.9 Å². The first kappa shape index (κ1) is 34.8. The molecule has 2 aromatic carbocycles. The Morgan fingerprint density at radius 1 is 1.06 bits per heavy atom. The molecule has 1 spiro atoms. The molecule has 2 fully saturated rings. The third-order valence-electron chi connectivity index (χ3n) is 12.5. The van der Waals surface area contributed by atoms with E-state index >= 15 is 0 Å². The van der Waals surface area contributed by atoms with Crippen LogP contribution in [0.2, 0.25) is 5.02 Å². The fraction of sp³-hybridized carbons (Fsp3) is 0.615. The van der Waals surface area contributed by atoms with Crippen molar-refractivity contribution in [3.8, 4) is 5.75 Å². The van der Waals surface area contributed by atoms with Gasteiger partial charge < -0.3 is 19.3 Å². The standard InChI is InChI=1S/C39H52ClN3O5S/c1-27-9-7-18-39(47-3,25-42-19-5-4-6-20-42)34-14-11-31(34)23-43-24-38(17-8-10-29-21-32(40)13-15-33(29)38)26-48-36-16-12-30(22-35(36)43)37(44)41-49(45,46)28(27)2/h7,12-13,15-16,18,21-22,27-28,31,34H,4-6,8-11,14,17,19-20,23-26H2,1-3H3,(H,41,44)/b18-7+/t27-,28+,31-,34+,38-,39-/m0/s1. The molecule has 266 valence electrons. The van der Waals surface area contributed by atoms with Crippen LogP contribution in [0.1, 0.15) is 86.7 Å². The van der Waals surface area contributed by atoms with E-state index < -0.39 is 26.8 Å². The minimum Gasteiger partial charge on any atom is -0.490 e. The summed E-state index contributed by atoms with van der Waals surface area (Å²) in [5.74, 6) is 0.585. The molecular formula is C39H52ClN3O5S. The third-order valence-corrected chi connectivity index (χ3v) is 14.7. The minimum absolute atomic E-state index is 0.198. The number of nitrogens with one attached hydrogen (secondary N) is 1. The molecule has 2 aliphatic carbocycles. The third kappa shape index (κ3) is 6.77. The summed E-state index contributed by atoms with van der Waals surface area (Å²) in [7, 11) is -2.08. The van der Waals surface area contributed by atoms with Crippen LogP contribution in [0, 0.1) is 17.8 Å². The van der Waals surface area contributed by atoms with Gasteiger partial charge in [0.15, 0.2) is 0 Å². The fourth-order valence-electron chi connectivity index (χ4n) is 9.27. The number of sulfonamides is 1. The van der Waals surface area contributed by atoms with Gasteiger partial charge in [-0.15, -0.1) is 0 Å². The van der Waals surface area contributed by atoms with Crippen LogP contribution >= 0.6 is 11.6 Å². The second kappa shape index (κ2) is 13.9. The Morgan fingerprint density at radius 2 is 1.88 bits per heavy atom. The number of fused-ring (bicyclic) bond motifs is 4. The lowest BCUT2D eigenvalue weighted by Crippen LogP contribution is -2.57. The second-order valence-corrected chi connectivity index (χ2v) is 18.0. The van der Waals surface area contributed by atoms with Crippen molar-refractivity contribution in [1.29, 1.82) is 0 Å². The number of piperidine rings is 1. The van der Waals surface area contributed by atoms with Gasteiger partial charge in [-0.3, -0.25) is 4.79 Å². The summed E-state index contributed by atoms with van der Waals surface area (Å²) >= 11 is 6.48. The number of halogens is 1. The van der Waals surface area contributed by atoms with Gasteiger partial charge in [0.1, 0.15) is 11.4 Å². The summed E-state index contributed by atoms with van der Waals surface area (Å²) in [5.41, 5.74) is 3.00. The Balaban J connectivity index is 1.32. The fourth-order valence-corrected chi connectivity index (χ4v) is 10.8. The maximum Gasteiger partial charge on any atom is 0.264 e. The van der Waals surface area contributed by atoms with Gasteiger partial charge >= 0.3 is 0 Å². The number of ether oxygens (including phenoxy) is 2. The number of carbonyl (C=O) groups is 1. The molecule has 2 bridgehead atoms. The molecule has 49 heavy (non-hydrogen) atoms. The Kier molecular flexibility index (Phi) is 9.85. The average molecular weight is 710 g/mol. The van der Waals surface area contributed by atoms with E-state index in [1.165, 1.54) is 30.4 Å². The van der Waals surface area contributed by atoms with E-state index in [9.17, 15) is 13.2 Å². The Morgan fingerprint density at radius 3 is 2.63 bits per heavy atom. The van der Waals surface area contributed by atoms with Crippen LogP contribution in [0.25, 0.3) is 0 Å². The number of likely N-dealkylation sites (tertiary alicyclic amines) is 1. The first-order valence-electron chi connectivity index (χ1n) is 18.3. The van der Waals surface area contributed by atoms with Crippen LogP contribution in [0.3, 0.4) is 0 Å². The van der Waals surface area contributed by atoms with Crippen molar-refractivity contribution in [3.05, 3.63) is 70.3 Å². The molecule has 6 atom stereocenters. The molecule has 1 saturated carbocycles. The van der Waals surface area contributed by atoms with E-state index in [-0.39, 0.29) is 11.3 Å². The molecule has 10 heteroatoms. The van der Waals surface area contributed by atoms with Gasteiger partial charge in [-0.05, 0) is 131 Å². The lowest BCUT2D eigenvalue weighted by atomic mass is 9.63. The van der Waals surface area contributed by atoms with Crippen molar-refractivity contribution in [2.24, 2.45) is 17.8 Å². The SMILES string of the molecule is CO[C@]1(CN2CCCCC2)/C=C/C[C@H](C)[C@@H](C)S(=O)(=O)NC(=O)c2ccc3c(c2)N(C[C@@H]2CC[C@H]21)C[C@@]1(CCCc2cc(Cl)ccc21)CO3. The number of nitrogens with zero attached hydrogens (tertiary/aromatic N) is 2. The quantitative estimate of drug-likeness (QED) is 0.353. The minimum atomic E-state index is -3.93. The summed E-state index contributed by atoms with van der Waals surface area (Å²) in [5, 5.41) is -0.00665. The second-order valence-electron chi connectivity index (χ2n) is 15.5. The molecule has 8 nitrogen and oxygen atoms in total. The predicted molar refractivity (Wildman–Crippen MR) is 195 cm³/mol. The molecule has 0 aromatic heterocycles. The Hall–Kier alpha value is -2.59. The Labute approximate surface area is 297 Å². The summed E-state index contributed by atoms with van der Waals surface area (Å²) in [4.78, 5) is 18.6. The number of allylic oxidation sites excluding steroid dienone is 1. The molecule has 3 heterocycles. The number of rotatable bonds is 3. The van der Waals surface area contributed by atoms with Gasteiger partial charge in [-0.1, -0.05) is 43.2 Å². The van der Waals surface area contributed by atoms with Crippen LogP contribution in [-0.2, 0) is 26.6 Å². The predicted octanol–water partition coefficient (Wildman–Crippen LogP) is 6.75. The average Bonchev–Trinajstić information content (AvgIpc) is 3.22. The maximum absolute atomic E-state index is 13.6. The Bertz CT molecular complexity index is 1690. The van der Waals surface area contributed by atoms with Crippen LogP contribution < -0.4 is 14.4 Å². The normalized spacial score (nSPS) is 34.0. The van der Waals surface area contributed by atoms with Gasteiger partial charge in [0.05, 0.1) is 17.5 Å². The summed E-state index contributed by atoms with van der Waals surface area (Å²) < 4.78 is 42.8. The van der Waals surface area contributed by atoms with Crippen LogP contribution in [-0.4, -0.2) is 76.5 Å². The van der Waals surface area contributed by atoms with Crippen molar-refractivity contribution in [3.63, 3.8) is 0 Å². The summed E-state index contributed by atoms with van der Waals surface area (Å²) in [6.45, 7) is 8.67. The lowest BCUT2D eigenvalue weighted by molar-refractivity contribution is -0.0932. The largest absolute Gasteiger partial charge is 0.490 e. The highest BCUT2D eigenvalue weighted by Gasteiger charge is 2.50. The number of amides is 1. The molecule has 5 aliphatic rings. The van der Waals surface area contributed by atoms with Crippen LogP contribution in [0.15, 0.2) is 48.6 Å². The molecule has 1 amide bonds. The van der Waals surface area contributed by atoms with Crippen LogP contribution in [0.4, 0.5) is 5.69 Å². The summed E-state index contributed by atoms with van der Waals surface area (Å²) in [6, 6.07) is 11.7. The first-order valence-corrected chi connectivity index (χ1v) is 20.3. The van der Waals surface area contributed by atoms with E-state index in [1.54, 1.807) is 13.0 Å². The monoisotopic (exact) mass is 709 g/mol. The van der Waals surface area contributed by atoms with Gasteiger partial charge in [0.25, 0.3) is 5.91 Å². The molecular weight excluding hydrogens is 658 g/mol. The van der Waals surface area contributed by atoms with Gasteiger partial charge in [-0.2, -0.15) is 0 Å². The van der Waals surface area contributed by atoms with Crippen LogP contribution in [0.5, 0.6) is 5.75 Å². The summed E-state index contributed by atoms with van der Waals surface area (Å²) in [6.07, 6.45) is 13.9. The van der Waals surface area contributed by atoms with E-state index in [2.05, 4.69) is 38.8 Å². The number of anilines is 1. The van der Waals surface area contributed by atoms with Crippen molar-refractivity contribution in [2.75, 3.05) is 51.3 Å². The number of hydrogen-bond donors (Lipinski definition) is 1. The highest BCUT2D eigenvalue weighted by molar-refractivity contribution is 7.90. The smallest absolute Gasteiger partial charge is 0.264 e. The molecule has 7 rings (SSSR count). The first-order chi connectivity index (χ1) is 23.5. The molecule has 3 aliphatic heterocycles. The van der Waals surface area contributed by atoms with Gasteiger partial charge in [0.2, 0.25) is 10.0 Å². The van der Waals surface area contributed by atoms with E-state index in [1.807, 2.05) is 32.2 Å². The zero-order valence-electron chi connectivity index (χ0n) is 29.3. The van der Waals surface area contributed by atoms with Crippen molar-refractivity contribution >= 4 is 33.2 Å². The molecule has 1 saturated heterocycles. The maximum atomic E-state index is 13.6. The lowest BCUT2D eigenvalue weighted by Gasteiger charge is -2.52. The number of benzene rings is 2. The number of methoxy groups -OCH3 is 1. The van der Waals surface area contributed by atoms with E-state index in [0.717, 1.165) is 81.3 Å². The zero-order valence-corrected chi connectivity index (χ0v) is 30.8. The van der Waals surface area contributed by atoms with E-state index in [0.29, 0.717) is 30.4 Å². The number of hydrogen-bond acceptors (Lipinski definition) is 7.